The lowest BCUT2D eigenvalue weighted by Crippen LogP contribution is -2.27. The molecule has 0 bridgehead atoms. The Labute approximate surface area is 152 Å². The van der Waals surface area contributed by atoms with Crippen molar-refractivity contribution in [1.29, 1.82) is 0 Å². The summed E-state index contributed by atoms with van der Waals surface area (Å²) in [7, 11) is 3.41. The van der Waals surface area contributed by atoms with E-state index in [4.69, 9.17) is 5.11 Å². The fraction of sp³-hybridized carbons (Fsp3) is 0.250. The minimum Gasteiger partial charge on any atom is -0.478 e. The highest BCUT2D eigenvalue weighted by Crippen LogP contribution is 2.08. The van der Waals surface area contributed by atoms with Gasteiger partial charge in [0, 0.05) is 26.2 Å². The number of benzene rings is 2. The lowest BCUT2D eigenvalue weighted by atomic mass is 10.1. The van der Waals surface area contributed by atoms with Gasteiger partial charge in [0.1, 0.15) is 0 Å². The average Bonchev–Trinajstić information content (AvgIpc) is 2.61. The molecule has 26 heavy (non-hydrogen) atoms. The van der Waals surface area contributed by atoms with Gasteiger partial charge in [0.05, 0.1) is 12.0 Å². The summed E-state index contributed by atoms with van der Waals surface area (Å²) in [6, 6.07) is 13.6. The first-order valence-corrected chi connectivity index (χ1v) is 8.26. The Bertz CT molecular complexity index is 798. The molecule has 0 radical (unpaired) electrons. The van der Waals surface area contributed by atoms with Gasteiger partial charge < -0.3 is 15.3 Å². The summed E-state index contributed by atoms with van der Waals surface area (Å²) < 4.78 is 0. The average molecular weight is 354 g/mol. The summed E-state index contributed by atoms with van der Waals surface area (Å²) in [5.74, 6) is -1.18. The Morgan fingerprint density at radius 3 is 2.27 bits per heavy atom. The van der Waals surface area contributed by atoms with Crippen LogP contribution in [0.15, 0.2) is 48.5 Å². The van der Waals surface area contributed by atoms with E-state index in [-0.39, 0.29) is 23.8 Å². The van der Waals surface area contributed by atoms with E-state index in [2.05, 4.69) is 5.32 Å². The number of nitrogens with one attached hydrogen (secondary N) is 1. The molecule has 6 nitrogen and oxygen atoms in total. The molecule has 0 fully saturated rings. The second kappa shape index (κ2) is 8.80. The van der Waals surface area contributed by atoms with Gasteiger partial charge >= 0.3 is 5.97 Å². The van der Waals surface area contributed by atoms with Crippen LogP contribution in [0.4, 0.5) is 0 Å². The van der Waals surface area contributed by atoms with Crippen molar-refractivity contribution < 1.29 is 19.5 Å². The maximum atomic E-state index is 12.0. The lowest BCUT2D eigenvalue weighted by molar-refractivity contribution is -0.120. The lowest BCUT2D eigenvalue weighted by Gasteiger charge is -2.11. The van der Waals surface area contributed by atoms with Gasteiger partial charge in [-0.15, -0.1) is 0 Å². The summed E-state index contributed by atoms with van der Waals surface area (Å²) in [5, 5.41) is 11.7. The second-order valence-corrected chi connectivity index (χ2v) is 6.18. The van der Waals surface area contributed by atoms with Crippen LogP contribution >= 0.6 is 0 Å². The number of amides is 2. The van der Waals surface area contributed by atoms with E-state index in [0.717, 1.165) is 11.1 Å². The van der Waals surface area contributed by atoms with Crippen molar-refractivity contribution in [2.45, 2.75) is 12.8 Å². The van der Waals surface area contributed by atoms with Gasteiger partial charge in [0.2, 0.25) is 5.91 Å². The number of aromatic carboxylic acids is 1. The highest BCUT2D eigenvalue weighted by atomic mass is 16.4. The van der Waals surface area contributed by atoms with E-state index >= 15 is 0 Å². The van der Waals surface area contributed by atoms with Crippen LogP contribution in [0.2, 0.25) is 0 Å². The Hall–Kier alpha value is -3.15. The van der Waals surface area contributed by atoms with Gasteiger partial charge in [-0.05, 0) is 41.8 Å². The number of hydrogen-bond donors (Lipinski definition) is 2. The third-order valence-electron chi connectivity index (χ3n) is 3.88. The smallest absolute Gasteiger partial charge is 0.335 e. The Morgan fingerprint density at radius 2 is 1.65 bits per heavy atom. The van der Waals surface area contributed by atoms with Gasteiger partial charge in [-0.1, -0.05) is 24.3 Å². The highest BCUT2D eigenvalue weighted by Gasteiger charge is 2.09. The van der Waals surface area contributed by atoms with Crippen molar-refractivity contribution in [2.75, 3.05) is 20.6 Å². The summed E-state index contributed by atoms with van der Waals surface area (Å²) >= 11 is 0. The Balaban J connectivity index is 1.84. The van der Waals surface area contributed by atoms with Crippen LogP contribution in [-0.4, -0.2) is 48.4 Å². The summed E-state index contributed by atoms with van der Waals surface area (Å²) in [6.45, 7) is 0.464. The minimum absolute atomic E-state index is 0.0549. The molecule has 0 saturated carbocycles. The molecule has 0 spiro atoms. The monoisotopic (exact) mass is 354 g/mol. The van der Waals surface area contributed by atoms with Crippen LogP contribution in [0.25, 0.3) is 0 Å². The van der Waals surface area contributed by atoms with Crippen molar-refractivity contribution in [3.05, 3.63) is 70.8 Å². The standard InChI is InChI=1S/C20H22N2O4/c1-22(2)19(24)17-5-3-4-14(12-17)10-11-21-18(23)13-15-6-8-16(9-7-15)20(25)26/h3-9,12H,10-11,13H2,1-2H3,(H,21,23)(H,25,26). The molecule has 2 aromatic rings. The van der Waals surface area contributed by atoms with Crippen molar-refractivity contribution in [3.8, 4) is 0 Å². The molecule has 0 unspecified atom stereocenters. The van der Waals surface area contributed by atoms with Gasteiger partial charge in [-0.25, -0.2) is 4.79 Å². The number of carbonyl (C=O) groups is 3. The summed E-state index contributed by atoms with van der Waals surface area (Å²) in [6.07, 6.45) is 0.817. The molecular formula is C20H22N2O4. The number of rotatable bonds is 7. The molecule has 2 rings (SSSR count). The normalized spacial score (nSPS) is 10.2. The van der Waals surface area contributed by atoms with Gasteiger partial charge in [-0.3, -0.25) is 9.59 Å². The van der Waals surface area contributed by atoms with E-state index in [0.29, 0.717) is 18.5 Å². The zero-order valence-electron chi connectivity index (χ0n) is 14.9. The van der Waals surface area contributed by atoms with Crippen LogP contribution in [0.3, 0.4) is 0 Å². The molecule has 0 saturated heterocycles. The highest BCUT2D eigenvalue weighted by molar-refractivity contribution is 5.94. The third-order valence-corrected chi connectivity index (χ3v) is 3.88. The third kappa shape index (κ3) is 5.44. The van der Waals surface area contributed by atoms with Crippen molar-refractivity contribution in [2.24, 2.45) is 0 Å². The fourth-order valence-electron chi connectivity index (χ4n) is 2.48. The SMILES string of the molecule is CN(C)C(=O)c1cccc(CCNC(=O)Cc2ccc(C(=O)O)cc2)c1. The molecular weight excluding hydrogens is 332 g/mol. The number of nitrogens with zero attached hydrogens (tertiary/aromatic N) is 1. The Morgan fingerprint density at radius 1 is 0.962 bits per heavy atom. The molecule has 2 amide bonds. The number of carboxylic acids is 1. The molecule has 0 aliphatic carbocycles. The first-order chi connectivity index (χ1) is 12.4. The van der Waals surface area contributed by atoms with Crippen molar-refractivity contribution in [3.63, 3.8) is 0 Å². The molecule has 0 aliphatic rings. The molecule has 0 aliphatic heterocycles. The minimum atomic E-state index is -0.990. The predicted octanol–water partition coefficient (Wildman–Crippen LogP) is 1.99. The number of carboxylic acid groups (broad SMARTS) is 1. The Kier molecular flexibility index (Phi) is 6.49. The second-order valence-electron chi connectivity index (χ2n) is 6.18. The van der Waals surface area contributed by atoms with E-state index in [9.17, 15) is 14.4 Å². The quantitative estimate of drug-likeness (QED) is 0.796. The van der Waals surface area contributed by atoms with Gasteiger partial charge in [0.15, 0.2) is 0 Å². The zero-order chi connectivity index (χ0) is 19.1. The maximum absolute atomic E-state index is 12.0. The summed E-state index contributed by atoms with van der Waals surface area (Å²) in [4.78, 5) is 36.3. The van der Waals surface area contributed by atoms with E-state index < -0.39 is 5.97 Å². The van der Waals surface area contributed by atoms with Crippen LogP contribution in [0.5, 0.6) is 0 Å². The predicted molar refractivity (Wildman–Crippen MR) is 98.3 cm³/mol. The molecule has 2 N–H and O–H groups in total. The topological polar surface area (TPSA) is 86.7 Å². The molecule has 0 heterocycles. The van der Waals surface area contributed by atoms with E-state index in [1.165, 1.54) is 17.0 Å². The molecule has 0 aromatic heterocycles. The van der Waals surface area contributed by atoms with E-state index in [1.54, 1.807) is 32.3 Å². The summed E-state index contributed by atoms with van der Waals surface area (Å²) in [5.41, 5.74) is 2.55. The number of carbonyl (C=O) groups excluding carboxylic acids is 2. The van der Waals surface area contributed by atoms with Crippen LogP contribution < -0.4 is 5.32 Å². The van der Waals surface area contributed by atoms with Crippen LogP contribution in [-0.2, 0) is 17.6 Å². The van der Waals surface area contributed by atoms with Crippen LogP contribution in [0.1, 0.15) is 31.8 Å². The largest absolute Gasteiger partial charge is 0.478 e. The molecule has 0 atom stereocenters. The van der Waals surface area contributed by atoms with Crippen LogP contribution in [0, 0.1) is 0 Å². The van der Waals surface area contributed by atoms with Gasteiger partial charge in [-0.2, -0.15) is 0 Å². The van der Waals surface area contributed by atoms with E-state index in [1.807, 2.05) is 18.2 Å². The maximum Gasteiger partial charge on any atom is 0.335 e. The molecule has 2 aromatic carbocycles. The van der Waals surface area contributed by atoms with Gasteiger partial charge in [0.25, 0.3) is 5.91 Å². The molecule has 136 valence electrons. The number of hydrogen-bond acceptors (Lipinski definition) is 3. The first-order valence-electron chi connectivity index (χ1n) is 8.26. The first kappa shape index (κ1) is 19.2. The molecule has 6 heteroatoms. The van der Waals surface area contributed by atoms with Crippen molar-refractivity contribution >= 4 is 17.8 Å². The fourth-order valence-corrected chi connectivity index (χ4v) is 2.48. The van der Waals surface area contributed by atoms with Crippen molar-refractivity contribution in [1.82, 2.24) is 10.2 Å². The zero-order valence-corrected chi connectivity index (χ0v) is 14.9.